The van der Waals surface area contributed by atoms with E-state index in [9.17, 15) is 0 Å². The van der Waals surface area contributed by atoms with Gasteiger partial charge in [-0.25, -0.2) is 0 Å². The maximum absolute atomic E-state index is 5.95. The van der Waals surface area contributed by atoms with E-state index in [2.05, 4.69) is 52.1 Å². The molecule has 0 saturated heterocycles. The van der Waals surface area contributed by atoms with E-state index < -0.39 is 0 Å². The van der Waals surface area contributed by atoms with E-state index in [4.69, 9.17) is 17.3 Å². The molecule has 0 aliphatic rings. The van der Waals surface area contributed by atoms with Crippen LogP contribution in [-0.4, -0.2) is 7.05 Å². The van der Waals surface area contributed by atoms with Crippen molar-refractivity contribution < 1.29 is 0 Å². The van der Waals surface area contributed by atoms with Crippen molar-refractivity contribution in [2.45, 2.75) is 19.5 Å². The smallest absolute Gasteiger partial charge is 0.0931 e. The topological polar surface area (TPSA) is 29.3 Å². The lowest BCUT2D eigenvalue weighted by Crippen LogP contribution is -2.16. The Kier molecular flexibility index (Phi) is 4.90. The zero-order chi connectivity index (χ0) is 14.0. The second kappa shape index (κ2) is 6.27. The minimum atomic E-state index is 0.0323. The van der Waals surface area contributed by atoms with E-state index in [-0.39, 0.29) is 6.04 Å². The SMILES string of the molecule is C[C@@H](N)c1ccc(N(C)Cc2ccc(Cl)s2)cc1Br. The number of benzene rings is 1. The Morgan fingerprint density at radius 1 is 1.37 bits per heavy atom. The van der Waals surface area contributed by atoms with Crippen LogP contribution in [-0.2, 0) is 6.54 Å². The van der Waals surface area contributed by atoms with E-state index in [1.54, 1.807) is 11.3 Å². The molecule has 19 heavy (non-hydrogen) atoms. The number of thiophene rings is 1. The molecule has 0 amide bonds. The van der Waals surface area contributed by atoms with Crippen molar-refractivity contribution in [1.29, 1.82) is 0 Å². The number of rotatable bonds is 4. The molecule has 5 heteroatoms. The third-order valence-electron chi connectivity index (χ3n) is 2.94. The van der Waals surface area contributed by atoms with Crippen LogP contribution in [0.4, 0.5) is 5.69 Å². The molecular formula is C14H16BrClN2S. The molecule has 0 spiro atoms. The van der Waals surface area contributed by atoms with Crippen molar-refractivity contribution in [3.8, 4) is 0 Å². The normalized spacial score (nSPS) is 12.5. The Morgan fingerprint density at radius 3 is 2.63 bits per heavy atom. The highest BCUT2D eigenvalue weighted by atomic mass is 79.9. The Morgan fingerprint density at radius 2 is 2.11 bits per heavy atom. The van der Waals surface area contributed by atoms with Crippen molar-refractivity contribution >= 4 is 44.6 Å². The van der Waals surface area contributed by atoms with Crippen LogP contribution in [0, 0.1) is 0 Å². The number of halogens is 2. The Bertz CT molecular complexity index is 568. The van der Waals surface area contributed by atoms with E-state index in [1.165, 1.54) is 4.88 Å². The van der Waals surface area contributed by atoms with Crippen LogP contribution < -0.4 is 10.6 Å². The first-order valence-electron chi connectivity index (χ1n) is 5.97. The van der Waals surface area contributed by atoms with Crippen LogP contribution in [0.2, 0.25) is 4.34 Å². The largest absolute Gasteiger partial charge is 0.369 e. The molecule has 0 bridgehead atoms. The third kappa shape index (κ3) is 3.72. The molecule has 0 radical (unpaired) electrons. The minimum absolute atomic E-state index is 0.0323. The van der Waals surface area contributed by atoms with Gasteiger partial charge in [-0.1, -0.05) is 33.6 Å². The fraction of sp³-hybridized carbons (Fsp3) is 0.286. The summed E-state index contributed by atoms with van der Waals surface area (Å²) in [7, 11) is 2.07. The monoisotopic (exact) mass is 358 g/mol. The predicted molar refractivity (Wildman–Crippen MR) is 88.2 cm³/mol. The molecular weight excluding hydrogens is 344 g/mol. The molecule has 1 heterocycles. The summed E-state index contributed by atoms with van der Waals surface area (Å²) >= 11 is 11.1. The lowest BCUT2D eigenvalue weighted by Gasteiger charge is -2.20. The molecule has 0 aliphatic carbocycles. The maximum atomic E-state index is 5.95. The molecule has 0 unspecified atom stereocenters. The molecule has 0 aliphatic heterocycles. The third-order valence-corrected chi connectivity index (χ3v) is 4.84. The predicted octanol–water partition coefficient (Wildman–Crippen LogP) is 4.82. The highest BCUT2D eigenvalue weighted by Gasteiger charge is 2.09. The van der Waals surface area contributed by atoms with Crippen LogP contribution in [0.3, 0.4) is 0 Å². The minimum Gasteiger partial charge on any atom is -0.369 e. The maximum Gasteiger partial charge on any atom is 0.0931 e. The molecule has 2 nitrogen and oxygen atoms in total. The lowest BCUT2D eigenvalue weighted by molar-refractivity contribution is 0.812. The first kappa shape index (κ1) is 14.9. The van der Waals surface area contributed by atoms with Crippen LogP contribution in [0.5, 0.6) is 0 Å². The van der Waals surface area contributed by atoms with Gasteiger partial charge in [0.2, 0.25) is 0 Å². The van der Waals surface area contributed by atoms with Crippen LogP contribution >= 0.6 is 38.9 Å². The number of hydrogen-bond donors (Lipinski definition) is 1. The first-order valence-corrected chi connectivity index (χ1v) is 7.96. The van der Waals surface area contributed by atoms with Gasteiger partial charge in [0.15, 0.2) is 0 Å². The number of nitrogens with zero attached hydrogens (tertiary/aromatic N) is 1. The molecule has 1 aromatic heterocycles. The fourth-order valence-corrected chi connectivity index (χ4v) is 3.75. The molecule has 0 saturated carbocycles. The highest BCUT2D eigenvalue weighted by molar-refractivity contribution is 9.10. The highest BCUT2D eigenvalue weighted by Crippen LogP contribution is 2.29. The summed E-state index contributed by atoms with van der Waals surface area (Å²) in [6.45, 7) is 2.83. The van der Waals surface area contributed by atoms with Gasteiger partial charge < -0.3 is 10.6 Å². The van der Waals surface area contributed by atoms with Crippen molar-refractivity contribution in [2.24, 2.45) is 5.73 Å². The summed E-state index contributed by atoms with van der Waals surface area (Å²) in [6, 6.07) is 10.3. The van der Waals surface area contributed by atoms with E-state index in [0.29, 0.717) is 0 Å². The van der Waals surface area contributed by atoms with Gasteiger partial charge in [0.05, 0.1) is 10.9 Å². The van der Waals surface area contributed by atoms with Gasteiger partial charge in [-0.2, -0.15) is 0 Å². The van der Waals surface area contributed by atoms with E-state index in [1.807, 2.05) is 13.0 Å². The molecule has 1 atom stereocenters. The fourth-order valence-electron chi connectivity index (χ4n) is 1.88. The van der Waals surface area contributed by atoms with Gasteiger partial charge in [-0.15, -0.1) is 11.3 Å². The summed E-state index contributed by atoms with van der Waals surface area (Å²) in [5.74, 6) is 0. The Labute approximate surface area is 131 Å². The van der Waals surface area contributed by atoms with Crippen molar-refractivity contribution in [3.63, 3.8) is 0 Å². The second-order valence-corrected chi connectivity index (χ2v) is 7.21. The second-order valence-electron chi connectivity index (χ2n) is 4.56. The molecule has 102 valence electrons. The summed E-state index contributed by atoms with van der Waals surface area (Å²) in [4.78, 5) is 3.44. The van der Waals surface area contributed by atoms with Gasteiger partial charge in [0, 0.05) is 28.1 Å². The summed E-state index contributed by atoms with van der Waals surface area (Å²) < 4.78 is 1.88. The van der Waals surface area contributed by atoms with Crippen molar-refractivity contribution in [1.82, 2.24) is 0 Å². The summed E-state index contributed by atoms with van der Waals surface area (Å²) in [5, 5.41) is 0. The molecule has 2 N–H and O–H groups in total. The number of nitrogens with two attached hydrogens (primary N) is 1. The number of anilines is 1. The summed E-state index contributed by atoms with van der Waals surface area (Å²) in [6.07, 6.45) is 0. The van der Waals surface area contributed by atoms with Gasteiger partial charge in [-0.3, -0.25) is 0 Å². The van der Waals surface area contributed by atoms with E-state index in [0.717, 1.165) is 26.6 Å². The summed E-state index contributed by atoms with van der Waals surface area (Å²) in [5.41, 5.74) is 8.19. The molecule has 2 rings (SSSR count). The first-order chi connectivity index (χ1) is 8.97. The zero-order valence-electron chi connectivity index (χ0n) is 10.9. The standard InChI is InChI=1S/C14H16BrClN2S/c1-9(17)12-5-3-10(7-13(12)15)18(2)8-11-4-6-14(16)19-11/h3-7,9H,8,17H2,1-2H3/t9-/m1/s1. The average molecular weight is 360 g/mol. The van der Waals surface area contributed by atoms with Gasteiger partial charge >= 0.3 is 0 Å². The average Bonchev–Trinajstić information content (AvgIpc) is 2.74. The van der Waals surface area contributed by atoms with Crippen LogP contribution in [0.25, 0.3) is 0 Å². The molecule has 0 fully saturated rings. The Balaban J connectivity index is 2.15. The van der Waals surface area contributed by atoms with Gasteiger partial charge in [0.1, 0.15) is 0 Å². The van der Waals surface area contributed by atoms with Crippen LogP contribution in [0.15, 0.2) is 34.8 Å². The van der Waals surface area contributed by atoms with Crippen LogP contribution in [0.1, 0.15) is 23.4 Å². The van der Waals surface area contributed by atoms with Crippen molar-refractivity contribution in [3.05, 3.63) is 49.6 Å². The zero-order valence-corrected chi connectivity index (χ0v) is 14.0. The lowest BCUT2D eigenvalue weighted by atomic mass is 10.1. The molecule has 2 aromatic rings. The Hall–Kier alpha value is -0.550. The van der Waals surface area contributed by atoms with Gasteiger partial charge in [-0.05, 0) is 36.8 Å². The van der Waals surface area contributed by atoms with Gasteiger partial charge in [0.25, 0.3) is 0 Å². The molecule has 1 aromatic carbocycles. The quantitative estimate of drug-likeness (QED) is 0.848. The van der Waals surface area contributed by atoms with E-state index >= 15 is 0 Å². The number of hydrogen-bond acceptors (Lipinski definition) is 3. The van der Waals surface area contributed by atoms with Crippen molar-refractivity contribution in [2.75, 3.05) is 11.9 Å².